The Hall–Kier alpha value is -0.870. The maximum absolute atomic E-state index is 12.4. The normalized spacial score (nSPS) is 11.1. The Morgan fingerprint density at radius 2 is 1.89 bits per heavy atom. The first-order chi connectivity index (χ1) is 8.32. The number of rotatable bonds is 4. The van der Waals surface area contributed by atoms with Crippen LogP contribution in [0.1, 0.15) is 19.4 Å². The summed E-state index contributed by atoms with van der Waals surface area (Å²) in [4.78, 5) is 12.5. The lowest BCUT2D eigenvalue weighted by atomic mass is 10.2. The Kier molecular flexibility index (Phi) is 5.35. The first-order valence-corrected chi connectivity index (χ1v) is 6.11. The van der Waals surface area contributed by atoms with Gasteiger partial charge in [-0.2, -0.15) is 8.78 Å². The predicted octanol–water partition coefficient (Wildman–Crippen LogP) is 4.00. The van der Waals surface area contributed by atoms with Crippen LogP contribution in [0.15, 0.2) is 18.2 Å². The van der Waals surface area contributed by atoms with Crippen molar-refractivity contribution in [3.63, 3.8) is 0 Å². The second-order valence-corrected chi connectivity index (χ2v) is 4.92. The van der Waals surface area contributed by atoms with Crippen molar-refractivity contribution in [2.45, 2.75) is 32.9 Å². The van der Waals surface area contributed by atoms with Gasteiger partial charge < -0.3 is 4.90 Å². The maximum Gasteiger partial charge on any atom is 0.315 e. The second kappa shape index (κ2) is 6.34. The zero-order chi connectivity index (χ0) is 13.9. The molecule has 0 unspecified atom stereocenters. The van der Waals surface area contributed by atoms with Crippen LogP contribution in [-0.4, -0.2) is 23.3 Å². The van der Waals surface area contributed by atoms with E-state index >= 15 is 0 Å². The van der Waals surface area contributed by atoms with Gasteiger partial charge in [0.1, 0.15) is 0 Å². The fraction of sp³-hybridized carbons (Fsp3) is 0.417. The van der Waals surface area contributed by atoms with Crippen LogP contribution >= 0.6 is 23.2 Å². The molecule has 0 aliphatic rings. The molecule has 0 aromatic heterocycles. The van der Waals surface area contributed by atoms with Gasteiger partial charge in [-0.15, -0.1) is 0 Å². The van der Waals surface area contributed by atoms with Gasteiger partial charge in [0.05, 0.1) is 10.0 Å². The molecule has 0 atom stereocenters. The summed E-state index contributed by atoms with van der Waals surface area (Å²) in [5.41, 5.74) is 0.659. The Morgan fingerprint density at radius 1 is 1.28 bits per heavy atom. The van der Waals surface area contributed by atoms with Gasteiger partial charge in [0.15, 0.2) is 0 Å². The van der Waals surface area contributed by atoms with Crippen molar-refractivity contribution in [2.24, 2.45) is 0 Å². The van der Waals surface area contributed by atoms with E-state index in [-0.39, 0.29) is 12.6 Å². The SMILES string of the molecule is CC(C)N(Cc1ccc(Cl)c(Cl)c1)C(=O)C(F)F. The minimum atomic E-state index is -3.00. The van der Waals surface area contributed by atoms with Crippen LogP contribution in [0.3, 0.4) is 0 Å². The van der Waals surface area contributed by atoms with Gasteiger partial charge in [-0.25, -0.2) is 0 Å². The quantitative estimate of drug-likeness (QED) is 0.822. The fourth-order valence-corrected chi connectivity index (χ4v) is 1.80. The van der Waals surface area contributed by atoms with Crippen LogP contribution in [0, 0.1) is 0 Å². The van der Waals surface area contributed by atoms with Gasteiger partial charge in [0.25, 0.3) is 5.91 Å². The van der Waals surface area contributed by atoms with E-state index in [1.54, 1.807) is 32.0 Å². The molecule has 1 rings (SSSR count). The summed E-state index contributed by atoms with van der Waals surface area (Å²) in [7, 11) is 0. The predicted molar refractivity (Wildman–Crippen MR) is 68.2 cm³/mol. The molecule has 1 aromatic rings. The monoisotopic (exact) mass is 295 g/mol. The van der Waals surface area contributed by atoms with E-state index in [0.717, 1.165) is 4.90 Å². The van der Waals surface area contributed by atoms with Gasteiger partial charge in [-0.1, -0.05) is 29.3 Å². The van der Waals surface area contributed by atoms with E-state index in [1.807, 2.05) is 0 Å². The zero-order valence-electron chi connectivity index (χ0n) is 9.96. The highest BCUT2D eigenvalue weighted by Crippen LogP contribution is 2.24. The molecule has 6 heteroatoms. The largest absolute Gasteiger partial charge is 0.331 e. The van der Waals surface area contributed by atoms with E-state index in [2.05, 4.69) is 0 Å². The third-order valence-electron chi connectivity index (χ3n) is 2.43. The second-order valence-electron chi connectivity index (χ2n) is 4.11. The first kappa shape index (κ1) is 15.2. The Labute approximate surface area is 114 Å². The van der Waals surface area contributed by atoms with Crippen LogP contribution in [0.25, 0.3) is 0 Å². The topological polar surface area (TPSA) is 20.3 Å². The van der Waals surface area contributed by atoms with Gasteiger partial charge >= 0.3 is 6.43 Å². The molecular weight excluding hydrogens is 283 g/mol. The zero-order valence-corrected chi connectivity index (χ0v) is 11.5. The molecule has 1 aromatic carbocycles. The number of benzene rings is 1. The summed E-state index contributed by atoms with van der Waals surface area (Å²) >= 11 is 11.6. The Balaban J connectivity index is 2.90. The van der Waals surface area contributed by atoms with Gasteiger partial charge in [0, 0.05) is 12.6 Å². The van der Waals surface area contributed by atoms with Crippen LogP contribution in [0.4, 0.5) is 8.78 Å². The molecule has 0 spiro atoms. The lowest BCUT2D eigenvalue weighted by molar-refractivity contribution is -0.145. The Morgan fingerprint density at radius 3 is 2.33 bits per heavy atom. The van der Waals surface area contributed by atoms with E-state index < -0.39 is 12.3 Å². The molecule has 0 bridgehead atoms. The highest BCUT2D eigenvalue weighted by molar-refractivity contribution is 6.42. The third kappa shape index (κ3) is 3.82. The van der Waals surface area contributed by atoms with Crippen LogP contribution < -0.4 is 0 Å². The van der Waals surface area contributed by atoms with Crippen LogP contribution in [0.5, 0.6) is 0 Å². The highest BCUT2D eigenvalue weighted by atomic mass is 35.5. The summed E-state index contributed by atoms with van der Waals surface area (Å²) in [6.45, 7) is 3.44. The molecule has 18 heavy (non-hydrogen) atoms. The van der Waals surface area contributed by atoms with Crippen LogP contribution in [-0.2, 0) is 11.3 Å². The number of carbonyl (C=O) groups excluding carboxylic acids is 1. The minimum absolute atomic E-state index is 0.0811. The summed E-state index contributed by atoms with van der Waals surface area (Å²) < 4.78 is 24.9. The van der Waals surface area contributed by atoms with Crippen molar-refractivity contribution in [1.29, 1.82) is 0 Å². The highest BCUT2D eigenvalue weighted by Gasteiger charge is 2.25. The van der Waals surface area contributed by atoms with Gasteiger partial charge in [0.2, 0.25) is 0 Å². The molecule has 0 N–H and O–H groups in total. The number of amides is 1. The molecule has 0 aliphatic heterocycles. The average Bonchev–Trinajstić information content (AvgIpc) is 2.29. The molecular formula is C12H13Cl2F2NO. The van der Waals surface area contributed by atoms with E-state index in [4.69, 9.17) is 23.2 Å². The molecule has 1 amide bonds. The number of hydrogen-bond donors (Lipinski definition) is 0. The lowest BCUT2D eigenvalue weighted by Gasteiger charge is -2.26. The standard InChI is InChI=1S/C12H13Cl2F2NO/c1-7(2)17(12(18)11(15)16)6-8-3-4-9(13)10(14)5-8/h3-5,7,11H,6H2,1-2H3. The summed E-state index contributed by atoms with van der Waals surface area (Å²) in [5, 5.41) is 0.721. The van der Waals surface area contributed by atoms with E-state index in [0.29, 0.717) is 15.6 Å². The third-order valence-corrected chi connectivity index (χ3v) is 3.17. The minimum Gasteiger partial charge on any atom is -0.331 e. The maximum atomic E-state index is 12.4. The molecule has 0 fully saturated rings. The molecule has 0 aliphatic carbocycles. The van der Waals surface area contributed by atoms with Gasteiger partial charge in [-0.3, -0.25) is 4.79 Å². The van der Waals surface area contributed by atoms with E-state index in [1.165, 1.54) is 0 Å². The summed E-state index contributed by atoms with van der Waals surface area (Å²) in [6, 6.07) is 4.48. The van der Waals surface area contributed by atoms with E-state index in [9.17, 15) is 13.6 Å². The average molecular weight is 296 g/mol. The summed E-state index contributed by atoms with van der Waals surface area (Å²) in [6.07, 6.45) is -3.00. The fourth-order valence-electron chi connectivity index (χ4n) is 1.48. The summed E-state index contributed by atoms with van der Waals surface area (Å²) in [5.74, 6) is -1.18. The van der Waals surface area contributed by atoms with Crippen molar-refractivity contribution in [3.05, 3.63) is 33.8 Å². The smallest absolute Gasteiger partial charge is 0.315 e. The van der Waals surface area contributed by atoms with Crippen molar-refractivity contribution < 1.29 is 13.6 Å². The lowest BCUT2D eigenvalue weighted by Crippen LogP contribution is -2.40. The van der Waals surface area contributed by atoms with Crippen molar-refractivity contribution >= 4 is 29.1 Å². The molecule has 0 heterocycles. The number of hydrogen-bond acceptors (Lipinski definition) is 1. The molecule has 0 saturated heterocycles. The van der Waals surface area contributed by atoms with Crippen molar-refractivity contribution in [1.82, 2.24) is 4.90 Å². The van der Waals surface area contributed by atoms with Crippen LogP contribution in [0.2, 0.25) is 10.0 Å². The number of carbonyl (C=O) groups is 1. The van der Waals surface area contributed by atoms with Crippen molar-refractivity contribution in [3.8, 4) is 0 Å². The molecule has 0 radical (unpaired) electrons. The first-order valence-electron chi connectivity index (χ1n) is 5.35. The molecule has 0 saturated carbocycles. The molecule has 2 nitrogen and oxygen atoms in total. The number of nitrogens with zero attached hydrogens (tertiary/aromatic N) is 1. The molecule has 100 valence electrons. The Bertz CT molecular complexity index is 438. The van der Waals surface area contributed by atoms with Gasteiger partial charge in [-0.05, 0) is 31.5 Å². The van der Waals surface area contributed by atoms with Crippen molar-refractivity contribution in [2.75, 3.05) is 0 Å². The number of halogens is 4. The number of alkyl halides is 2.